The van der Waals surface area contributed by atoms with Crippen molar-refractivity contribution in [3.63, 3.8) is 0 Å². The third-order valence-corrected chi connectivity index (χ3v) is 2.67. The fourth-order valence-corrected chi connectivity index (χ4v) is 1.62. The Kier molecular flexibility index (Phi) is 3.68. The molecule has 0 radical (unpaired) electrons. The number of aromatic nitrogens is 2. The van der Waals surface area contributed by atoms with Crippen LogP contribution in [0.4, 0.5) is 5.00 Å². The van der Waals surface area contributed by atoms with E-state index < -0.39 is 11.9 Å². The minimum Gasteiger partial charge on any atom is -0.459 e. The third-order valence-electron chi connectivity index (χ3n) is 2.09. The number of nitrogens with zero attached hydrogens (tertiary/aromatic N) is 2. The van der Waals surface area contributed by atoms with Crippen molar-refractivity contribution in [2.45, 2.75) is 13.0 Å². The lowest BCUT2D eigenvalue weighted by molar-refractivity contribution is -0.117. The van der Waals surface area contributed by atoms with Crippen LogP contribution in [0.3, 0.4) is 0 Å². The quantitative estimate of drug-likeness (QED) is 0.856. The highest BCUT2D eigenvalue weighted by Crippen LogP contribution is 2.09. The molecule has 18 heavy (non-hydrogen) atoms. The summed E-state index contributed by atoms with van der Waals surface area (Å²) in [5.74, 6) is -0.625. The summed E-state index contributed by atoms with van der Waals surface area (Å²) in [5.41, 5.74) is 0. The van der Waals surface area contributed by atoms with Crippen molar-refractivity contribution in [1.29, 1.82) is 0 Å². The predicted molar refractivity (Wildman–Crippen MR) is 64.2 cm³/mol. The van der Waals surface area contributed by atoms with E-state index in [4.69, 9.17) is 4.42 Å². The summed E-state index contributed by atoms with van der Waals surface area (Å²) >= 11 is 1.06. The van der Waals surface area contributed by atoms with Crippen molar-refractivity contribution in [1.82, 2.24) is 14.9 Å². The second kappa shape index (κ2) is 5.41. The monoisotopic (exact) mass is 266 g/mol. The second-order valence-corrected chi connectivity index (χ2v) is 4.23. The minimum absolute atomic E-state index is 0.161. The molecule has 2 heterocycles. The summed E-state index contributed by atoms with van der Waals surface area (Å²) in [6, 6.07) is 2.43. The van der Waals surface area contributed by atoms with Crippen LogP contribution in [0.15, 0.2) is 29.0 Å². The molecule has 8 heteroatoms. The van der Waals surface area contributed by atoms with E-state index >= 15 is 0 Å². The zero-order valence-corrected chi connectivity index (χ0v) is 10.2. The van der Waals surface area contributed by atoms with Crippen molar-refractivity contribution >= 4 is 28.3 Å². The maximum atomic E-state index is 11.7. The smallest absolute Gasteiger partial charge is 0.287 e. The average molecular weight is 266 g/mol. The van der Waals surface area contributed by atoms with Gasteiger partial charge in [0.15, 0.2) is 5.76 Å². The molecule has 0 saturated carbocycles. The van der Waals surface area contributed by atoms with Gasteiger partial charge in [-0.1, -0.05) is 4.49 Å². The molecule has 2 amide bonds. The molecule has 0 aliphatic heterocycles. The molecule has 0 unspecified atom stereocenters. The van der Waals surface area contributed by atoms with Gasteiger partial charge in [-0.25, -0.2) is 0 Å². The van der Waals surface area contributed by atoms with E-state index in [9.17, 15) is 9.59 Å². The lowest BCUT2D eigenvalue weighted by Crippen LogP contribution is -2.41. The number of rotatable bonds is 4. The molecule has 1 atom stereocenters. The van der Waals surface area contributed by atoms with E-state index in [-0.39, 0.29) is 11.7 Å². The molecule has 0 saturated heterocycles. The van der Waals surface area contributed by atoms with E-state index in [1.807, 2.05) is 0 Å². The van der Waals surface area contributed by atoms with Gasteiger partial charge in [-0.3, -0.25) is 9.59 Å². The molecule has 0 aliphatic rings. The number of anilines is 1. The van der Waals surface area contributed by atoms with E-state index in [0.29, 0.717) is 5.00 Å². The Labute approximate surface area is 106 Å². The first-order valence-corrected chi connectivity index (χ1v) is 5.87. The van der Waals surface area contributed by atoms with Gasteiger partial charge in [-0.15, -0.1) is 5.10 Å². The summed E-state index contributed by atoms with van der Waals surface area (Å²) in [6.45, 7) is 1.57. The molecular formula is C10H10N4O3S. The lowest BCUT2D eigenvalue weighted by atomic mass is 10.3. The van der Waals surface area contributed by atoms with Gasteiger partial charge in [0.2, 0.25) is 5.91 Å². The fraction of sp³-hybridized carbons (Fsp3) is 0.200. The summed E-state index contributed by atoms with van der Waals surface area (Å²) in [5, 5.41) is 9.21. The molecular weight excluding hydrogens is 256 g/mol. The Morgan fingerprint density at radius 3 is 2.94 bits per heavy atom. The Morgan fingerprint density at radius 1 is 1.50 bits per heavy atom. The lowest BCUT2D eigenvalue weighted by Gasteiger charge is -2.11. The number of amides is 2. The van der Waals surface area contributed by atoms with E-state index in [1.165, 1.54) is 18.5 Å². The van der Waals surface area contributed by atoms with Crippen LogP contribution in [0.25, 0.3) is 0 Å². The van der Waals surface area contributed by atoms with Gasteiger partial charge in [0, 0.05) is 11.5 Å². The molecule has 94 valence electrons. The molecule has 0 bridgehead atoms. The summed E-state index contributed by atoms with van der Waals surface area (Å²) in [6.07, 6.45) is 2.83. The zero-order chi connectivity index (χ0) is 13.0. The van der Waals surface area contributed by atoms with E-state index in [1.54, 1.807) is 13.0 Å². The van der Waals surface area contributed by atoms with Crippen LogP contribution in [-0.4, -0.2) is 27.4 Å². The third kappa shape index (κ3) is 2.92. The van der Waals surface area contributed by atoms with Gasteiger partial charge in [0.25, 0.3) is 5.91 Å². The average Bonchev–Trinajstić information content (AvgIpc) is 3.01. The molecule has 0 spiro atoms. The van der Waals surface area contributed by atoms with Gasteiger partial charge in [-0.2, -0.15) is 0 Å². The van der Waals surface area contributed by atoms with Crippen molar-refractivity contribution in [3.8, 4) is 0 Å². The zero-order valence-electron chi connectivity index (χ0n) is 9.41. The molecule has 2 aromatic rings. The number of hydrogen-bond donors (Lipinski definition) is 2. The SMILES string of the molecule is C[C@@H](NC(=O)c1ccco1)C(=O)Nc1cnns1. The van der Waals surface area contributed by atoms with Crippen LogP contribution in [0.5, 0.6) is 0 Å². The largest absolute Gasteiger partial charge is 0.459 e. The van der Waals surface area contributed by atoms with Crippen LogP contribution >= 0.6 is 11.5 Å². The van der Waals surface area contributed by atoms with E-state index in [0.717, 1.165) is 11.5 Å². The standard InChI is InChI=1S/C10H10N4O3S/c1-6(9(15)13-8-5-11-14-18-8)12-10(16)7-3-2-4-17-7/h2-6H,1H3,(H,12,16)(H,13,15)/t6-/m1/s1. The van der Waals surface area contributed by atoms with Crippen molar-refractivity contribution < 1.29 is 14.0 Å². The van der Waals surface area contributed by atoms with Gasteiger partial charge in [0.1, 0.15) is 11.0 Å². The van der Waals surface area contributed by atoms with E-state index in [2.05, 4.69) is 20.2 Å². The normalized spacial score (nSPS) is 11.8. The highest BCUT2D eigenvalue weighted by atomic mass is 32.1. The number of carbonyl (C=O) groups is 2. The van der Waals surface area contributed by atoms with Crippen LogP contribution < -0.4 is 10.6 Å². The first-order chi connectivity index (χ1) is 8.66. The highest BCUT2D eigenvalue weighted by Gasteiger charge is 2.18. The number of nitrogens with one attached hydrogen (secondary N) is 2. The van der Waals surface area contributed by atoms with Crippen molar-refractivity contribution in [3.05, 3.63) is 30.4 Å². The highest BCUT2D eigenvalue weighted by molar-refractivity contribution is 7.10. The number of hydrogen-bond acceptors (Lipinski definition) is 6. The first kappa shape index (κ1) is 12.2. The Bertz CT molecular complexity index is 523. The predicted octanol–water partition coefficient (Wildman–Crippen LogP) is 0.888. The topological polar surface area (TPSA) is 97.1 Å². The van der Waals surface area contributed by atoms with Crippen LogP contribution in [0.1, 0.15) is 17.5 Å². The maximum Gasteiger partial charge on any atom is 0.287 e. The number of furan rings is 1. The molecule has 2 N–H and O–H groups in total. The van der Waals surface area contributed by atoms with Crippen LogP contribution in [0, 0.1) is 0 Å². The van der Waals surface area contributed by atoms with Gasteiger partial charge in [0.05, 0.1) is 12.5 Å². The Morgan fingerprint density at radius 2 is 2.33 bits per heavy atom. The summed E-state index contributed by atoms with van der Waals surface area (Å²) < 4.78 is 8.53. The first-order valence-electron chi connectivity index (χ1n) is 5.09. The Hall–Kier alpha value is -2.22. The van der Waals surface area contributed by atoms with Gasteiger partial charge < -0.3 is 15.1 Å². The molecule has 7 nitrogen and oxygen atoms in total. The number of carbonyl (C=O) groups excluding carboxylic acids is 2. The Balaban J connectivity index is 1.89. The van der Waals surface area contributed by atoms with Crippen LogP contribution in [-0.2, 0) is 4.79 Å². The molecule has 2 aromatic heterocycles. The second-order valence-electron chi connectivity index (χ2n) is 3.44. The molecule has 0 aromatic carbocycles. The maximum absolute atomic E-state index is 11.7. The van der Waals surface area contributed by atoms with Crippen LogP contribution in [0.2, 0.25) is 0 Å². The van der Waals surface area contributed by atoms with Crippen molar-refractivity contribution in [2.75, 3.05) is 5.32 Å². The van der Waals surface area contributed by atoms with Crippen molar-refractivity contribution in [2.24, 2.45) is 0 Å². The fourth-order valence-electron chi connectivity index (χ4n) is 1.19. The summed E-state index contributed by atoms with van der Waals surface area (Å²) in [4.78, 5) is 23.3. The molecule has 2 rings (SSSR count). The van der Waals surface area contributed by atoms with Gasteiger partial charge in [-0.05, 0) is 19.1 Å². The van der Waals surface area contributed by atoms with Gasteiger partial charge >= 0.3 is 0 Å². The minimum atomic E-state index is -0.690. The molecule has 0 fully saturated rings. The summed E-state index contributed by atoms with van der Waals surface area (Å²) in [7, 11) is 0. The molecule has 0 aliphatic carbocycles.